The summed E-state index contributed by atoms with van der Waals surface area (Å²) in [5, 5.41) is 17.5. The second-order valence-electron chi connectivity index (χ2n) is 2.93. The Hall–Kier alpha value is -1.14. The van der Waals surface area contributed by atoms with E-state index >= 15 is 0 Å². The van der Waals surface area contributed by atoms with Crippen molar-refractivity contribution in [2.24, 2.45) is 0 Å². The first-order chi connectivity index (χ1) is 7.10. The molecule has 0 heterocycles. The lowest BCUT2D eigenvalue weighted by atomic mass is 10.3. The van der Waals surface area contributed by atoms with Gasteiger partial charge in [-0.2, -0.15) is 0 Å². The summed E-state index contributed by atoms with van der Waals surface area (Å²) in [6.07, 6.45) is -0.814. The van der Waals surface area contributed by atoms with Crippen LogP contribution in [0.4, 0.5) is 0 Å². The zero-order chi connectivity index (χ0) is 11.7. The fourth-order valence-electron chi connectivity index (χ4n) is 0.800. The molecule has 0 aromatic heterocycles. The number of hydrogen-bond acceptors (Lipinski definition) is 6. The number of hydrogen-bond donors (Lipinski definition) is 2. The average molecular weight is 220 g/mol. The van der Waals surface area contributed by atoms with Gasteiger partial charge in [-0.3, -0.25) is 9.59 Å². The van der Waals surface area contributed by atoms with E-state index in [9.17, 15) is 9.59 Å². The molecule has 0 radical (unpaired) electrons. The molecule has 0 fully saturated rings. The molecular formula is C9H16O6. The molecule has 88 valence electrons. The van der Waals surface area contributed by atoms with Crippen molar-refractivity contribution in [1.29, 1.82) is 0 Å². The summed E-state index contributed by atoms with van der Waals surface area (Å²) in [5.41, 5.74) is 0. The molecule has 15 heavy (non-hydrogen) atoms. The van der Waals surface area contributed by atoms with Gasteiger partial charge in [0.2, 0.25) is 0 Å². The molecule has 6 nitrogen and oxygen atoms in total. The highest BCUT2D eigenvalue weighted by Crippen LogP contribution is 1.97. The van der Waals surface area contributed by atoms with Crippen LogP contribution in [0.1, 0.15) is 19.3 Å². The smallest absolute Gasteiger partial charge is 0.306 e. The van der Waals surface area contributed by atoms with Gasteiger partial charge >= 0.3 is 11.9 Å². The van der Waals surface area contributed by atoms with Gasteiger partial charge in [0.25, 0.3) is 0 Å². The highest BCUT2D eigenvalue weighted by Gasteiger charge is 2.10. The lowest BCUT2D eigenvalue weighted by Crippen LogP contribution is -2.20. The van der Waals surface area contributed by atoms with Gasteiger partial charge in [0, 0.05) is 6.61 Å². The van der Waals surface area contributed by atoms with E-state index in [1.54, 1.807) is 0 Å². The van der Waals surface area contributed by atoms with Crippen LogP contribution < -0.4 is 0 Å². The van der Waals surface area contributed by atoms with Gasteiger partial charge in [0.05, 0.1) is 26.1 Å². The number of aliphatic hydroxyl groups excluding tert-OH is 2. The molecule has 6 heteroatoms. The molecule has 0 saturated heterocycles. The average Bonchev–Trinajstić information content (AvgIpc) is 2.23. The van der Waals surface area contributed by atoms with Crippen LogP contribution in [-0.4, -0.2) is 48.6 Å². The van der Waals surface area contributed by atoms with Crippen LogP contribution in [0.15, 0.2) is 0 Å². The second kappa shape index (κ2) is 8.19. The number of carbonyl (C=O) groups excluding carboxylic acids is 2. The Labute approximate surface area is 87.8 Å². The van der Waals surface area contributed by atoms with Gasteiger partial charge in [-0.15, -0.1) is 0 Å². The number of carbonyl (C=O) groups is 2. The van der Waals surface area contributed by atoms with Crippen LogP contribution in [0, 0.1) is 0 Å². The highest BCUT2D eigenvalue weighted by atomic mass is 16.5. The molecule has 0 spiro atoms. The Kier molecular flexibility index (Phi) is 7.57. The van der Waals surface area contributed by atoms with E-state index in [0.29, 0.717) is 0 Å². The SMILES string of the molecule is COC(=O)CCC(=O)OCC(O)CCO. The number of esters is 2. The summed E-state index contributed by atoms with van der Waals surface area (Å²) in [6, 6.07) is 0. The number of methoxy groups -OCH3 is 1. The predicted molar refractivity (Wildman–Crippen MR) is 49.9 cm³/mol. The van der Waals surface area contributed by atoms with Crippen molar-refractivity contribution in [3.05, 3.63) is 0 Å². The number of rotatable bonds is 7. The Balaban J connectivity index is 3.53. The Morgan fingerprint density at radius 1 is 1.27 bits per heavy atom. The molecule has 0 rings (SSSR count). The Morgan fingerprint density at radius 2 is 1.87 bits per heavy atom. The van der Waals surface area contributed by atoms with Gasteiger partial charge in [0.1, 0.15) is 6.61 Å². The van der Waals surface area contributed by atoms with Crippen LogP contribution in [0.5, 0.6) is 0 Å². The topological polar surface area (TPSA) is 93.1 Å². The van der Waals surface area contributed by atoms with E-state index in [1.807, 2.05) is 0 Å². The summed E-state index contributed by atoms with van der Waals surface area (Å²) in [5.74, 6) is -1.06. The molecule has 0 aromatic carbocycles. The van der Waals surface area contributed by atoms with Crippen LogP contribution >= 0.6 is 0 Å². The van der Waals surface area contributed by atoms with Gasteiger partial charge in [-0.05, 0) is 6.42 Å². The van der Waals surface area contributed by atoms with Crippen molar-refractivity contribution < 1.29 is 29.3 Å². The maximum atomic E-state index is 11.0. The summed E-state index contributed by atoms with van der Waals surface area (Å²) >= 11 is 0. The van der Waals surface area contributed by atoms with Gasteiger partial charge in [-0.1, -0.05) is 0 Å². The molecule has 0 aromatic rings. The molecule has 0 saturated carbocycles. The van der Waals surface area contributed by atoms with Crippen molar-refractivity contribution in [1.82, 2.24) is 0 Å². The lowest BCUT2D eigenvalue weighted by molar-refractivity contribution is -0.151. The monoisotopic (exact) mass is 220 g/mol. The van der Waals surface area contributed by atoms with Crippen molar-refractivity contribution >= 4 is 11.9 Å². The minimum atomic E-state index is -0.864. The standard InChI is InChI=1S/C9H16O6/c1-14-8(12)2-3-9(13)15-6-7(11)4-5-10/h7,10-11H,2-6H2,1H3. The minimum Gasteiger partial charge on any atom is -0.469 e. The first-order valence-corrected chi connectivity index (χ1v) is 4.61. The van der Waals surface area contributed by atoms with Crippen molar-refractivity contribution in [3.63, 3.8) is 0 Å². The molecule has 1 unspecified atom stereocenters. The van der Waals surface area contributed by atoms with Crippen LogP contribution in [0.3, 0.4) is 0 Å². The van der Waals surface area contributed by atoms with E-state index in [2.05, 4.69) is 9.47 Å². The fourth-order valence-corrected chi connectivity index (χ4v) is 0.800. The van der Waals surface area contributed by atoms with E-state index in [-0.39, 0.29) is 32.5 Å². The molecule has 1 atom stereocenters. The molecule has 2 N–H and O–H groups in total. The number of ether oxygens (including phenoxy) is 2. The quantitative estimate of drug-likeness (QED) is 0.547. The van der Waals surface area contributed by atoms with Crippen LogP contribution in [0.25, 0.3) is 0 Å². The van der Waals surface area contributed by atoms with E-state index in [0.717, 1.165) is 0 Å². The summed E-state index contributed by atoms with van der Waals surface area (Å²) in [4.78, 5) is 21.6. The maximum absolute atomic E-state index is 11.0. The summed E-state index contributed by atoms with van der Waals surface area (Å²) in [6.45, 7) is -0.332. The van der Waals surface area contributed by atoms with Crippen LogP contribution in [0.2, 0.25) is 0 Å². The largest absolute Gasteiger partial charge is 0.469 e. The molecule has 0 aliphatic heterocycles. The molecular weight excluding hydrogens is 204 g/mol. The zero-order valence-corrected chi connectivity index (χ0v) is 8.64. The highest BCUT2D eigenvalue weighted by molar-refractivity contribution is 5.77. The normalized spacial score (nSPS) is 11.9. The van der Waals surface area contributed by atoms with E-state index in [4.69, 9.17) is 10.2 Å². The second-order valence-corrected chi connectivity index (χ2v) is 2.93. The molecule has 0 bridgehead atoms. The minimum absolute atomic E-state index is 0.0363. The number of aliphatic hydroxyl groups is 2. The zero-order valence-electron chi connectivity index (χ0n) is 8.64. The Bertz CT molecular complexity index is 203. The lowest BCUT2D eigenvalue weighted by Gasteiger charge is -2.09. The van der Waals surface area contributed by atoms with E-state index < -0.39 is 18.0 Å². The molecule has 0 aliphatic rings. The summed E-state index contributed by atoms with van der Waals surface area (Å²) < 4.78 is 8.98. The first kappa shape index (κ1) is 13.9. The van der Waals surface area contributed by atoms with Gasteiger partial charge in [-0.25, -0.2) is 0 Å². The molecule has 0 amide bonds. The van der Waals surface area contributed by atoms with Crippen LogP contribution in [-0.2, 0) is 19.1 Å². The van der Waals surface area contributed by atoms with Gasteiger partial charge in [0.15, 0.2) is 0 Å². The third-order valence-electron chi connectivity index (χ3n) is 1.66. The third-order valence-corrected chi connectivity index (χ3v) is 1.66. The fraction of sp³-hybridized carbons (Fsp3) is 0.778. The predicted octanol–water partition coefficient (Wildman–Crippen LogP) is -0.774. The van der Waals surface area contributed by atoms with Crippen molar-refractivity contribution in [2.75, 3.05) is 20.3 Å². The van der Waals surface area contributed by atoms with Gasteiger partial charge < -0.3 is 19.7 Å². The van der Waals surface area contributed by atoms with Crippen molar-refractivity contribution in [3.8, 4) is 0 Å². The van der Waals surface area contributed by atoms with E-state index in [1.165, 1.54) is 7.11 Å². The first-order valence-electron chi connectivity index (χ1n) is 4.61. The third kappa shape index (κ3) is 7.90. The Morgan fingerprint density at radius 3 is 2.40 bits per heavy atom. The van der Waals surface area contributed by atoms with Crippen molar-refractivity contribution in [2.45, 2.75) is 25.4 Å². The maximum Gasteiger partial charge on any atom is 0.306 e. The molecule has 0 aliphatic carbocycles. The summed E-state index contributed by atoms with van der Waals surface area (Å²) in [7, 11) is 1.23.